The van der Waals surface area contributed by atoms with Gasteiger partial charge in [0.15, 0.2) is 0 Å². The number of ether oxygens (including phenoxy) is 1. The van der Waals surface area contributed by atoms with Crippen LogP contribution in [-0.4, -0.2) is 42.8 Å². The van der Waals surface area contributed by atoms with Crippen molar-refractivity contribution in [2.45, 2.75) is 57.4 Å². The normalized spacial score (nSPS) is 34.2. The fourth-order valence-corrected chi connectivity index (χ4v) is 3.64. The molecule has 3 heteroatoms. The molecule has 0 aromatic heterocycles. The summed E-state index contributed by atoms with van der Waals surface area (Å²) < 4.78 is 6.06. The fourth-order valence-electron chi connectivity index (χ4n) is 3.64. The molecule has 0 saturated carbocycles. The van der Waals surface area contributed by atoms with Crippen molar-refractivity contribution in [1.29, 1.82) is 0 Å². The van der Waals surface area contributed by atoms with E-state index in [0.717, 1.165) is 19.6 Å². The molecule has 1 aromatic rings. The lowest BCUT2D eigenvalue weighted by Gasteiger charge is -2.41. The van der Waals surface area contributed by atoms with Gasteiger partial charge in [0.1, 0.15) is 0 Å². The van der Waals surface area contributed by atoms with Gasteiger partial charge >= 0.3 is 0 Å². The summed E-state index contributed by atoms with van der Waals surface area (Å²) in [6, 6.07) is 12.0. The molecule has 4 unspecified atom stereocenters. The molecule has 116 valence electrons. The number of hydrogen-bond acceptors (Lipinski definition) is 3. The Labute approximate surface area is 128 Å². The number of hydrogen-bond donors (Lipinski definition) is 1. The molecule has 4 atom stereocenters. The predicted octanol–water partition coefficient (Wildman–Crippen LogP) is 2.98. The summed E-state index contributed by atoms with van der Waals surface area (Å²) in [5, 5.41) is 3.70. The maximum absolute atomic E-state index is 6.06. The Bertz CT molecular complexity index is 436. The van der Waals surface area contributed by atoms with Crippen LogP contribution in [0, 0.1) is 0 Å². The molecule has 21 heavy (non-hydrogen) atoms. The topological polar surface area (TPSA) is 24.5 Å². The highest BCUT2D eigenvalue weighted by molar-refractivity contribution is 5.20. The predicted molar refractivity (Wildman–Crippen MR) is 86.4 cm³/mol. The second-order valence-corrected chi connectivity index (χ2v) is 6.54. The SMILES string of the molecule is CCC1CN(CC2CCC(C)O2)C(c2ccccc2)CN1. The third-order valence-electron chi connectivity index (χ3n) is 4.93. The van der Waals surface area contributed by atoms with Crippen LogP contribution in [0.25, 0.3) is 0 Å². The summed E-state index contributed by atoms with van der Waals surface area (Å²) in [6.45, 7) is 7.71. The Morgan fingerprint density at radius 3 is 2.71 bits per heavy atom. The quantitative estimate of drug-likeness (QED) is 0.922. The van der Waals surface area contributed by atoms with E-state index < -0.39 is 0 Å². The van der Waals surface area contributed by atoms with Crippen molar-refractivity contribution in [3.8, 4) is 0 Å². The van der Waals surface area contributed by atoms with E-state index >= 15 is 0 Å². The van der Waals surface area contributed by atoms with Crippen LogP contribution in [0.4, 0.5) is 0 Å². The van der Waals surface area contributed by atoms with Crippen molar-refractivity contribution < 1.29 is 4.74 Å². The van der Waals surface area contributed by atoms with Crippen molar-refractivity contribution in [3.63, 3.8) is 0 Å². The van der Waals surface area contributed by atoms with E-state index in [1.807, 2.05) is 0 Å². The molecule has 0 radical (unpaired) electrons. The highest BCUT2D eigenvalue weighted by Crippen LogP contribution is 2.27. The Balaban J connectivity index is 1.71. The van der Waals surface area contributed by atoms with Gasteiger partial charge in [-0.05, 0) is 31.7 Å². The van der Waals surface area contributed by atoms with Crippen LogP contribution in [0.1, 0.15) is 44.7 Å². The zero-order valence-electron chi connectivity index (χ0n) is 13.3. The van der Waals surface area contributed by atoms with Crippen LogP contribution >= 0.6 is 0 Å². The van der Waals surface area contributed by atoms with Crippen molar-refractivity contribution in [3.05, 3.63) is 35.9 Å². The maximum Gasteiger partial charge on any atom is 0.0706 e. The molecule has 2 aliphatic heterocycles. The van der Waals surface area contributed by atoms with Gasteiger partial charge in [0, 0.05) is 31.7 Å². The van der Waals surface area contributed by atoms with Crippen molar-refractivity contribution in [2.24, 2.45) is 0 Å². The van der Waals surface area contributed by atoms with Gasteiger partial charge < -0.3 is 10.1 Å². The van der Waals surface area contributed by atoms with Gasteiger partial charge in [0.2, 0.25) is 0 Å². The Morgan fingerprint density at radius 1 is 1.24 bits per heavy atom. The van der Waals surface area contributed by atoms with E-state index in [0.29, 0.717) is 24.3 Å². The molecular weight excluding hydrogens is 260 g/mol. The number of benzene rings is 1. The zero-order valence-corrected chi connectivity index (χ0v) is 13.3. The molecule has 3 rings (SSSR count). The number of nitrogens with zero attached hydrogens (tertiary/aromatic N) is 1. The van der Waals surface area contributed by atoms with E-state index in [4.69, 9.17) is 4.74 Å². The molecular formula is C18H28N2O. The summed E-state index contributed by atoms with van der Waals surface area (Å²) in [4.78, 5) is 2.64. The molecule has 2 fully saturated rings. The average Bonchev–Trinajstić information content (AvgIpc) is 2.93. The Hall–Kier alpha value is -0.900. The molecule has 2 aliphatic rings. The summed E-state index contributed by atoms with van der Waals surface area (Å²) in [5.41, 5.74) is 1.42. The minimum Gasteiger partial charge on any atom is -0.374 e. The molecule has 1 aromatic carbocycles. The molecule has 2 heterocycles. The maximum atomic E-state index is 6.06. The minimum atomic E-state index is 0.418. The first-order chi connectivity index (χ1) is 10.3. The molecule has 3 nitrogen and oxygen atoms in total. The van der Waals surface area contributed by atoms with Gasteiger partial charge in [-0.25, -0.2) is 0 Å². The number of piperazine rings is 1. The van der Waals surface area contributed by atoms with E-state index in [9.17, 15) is 0 Å². The van der Waals surface area contributed by atoms with Gasteiger partial charge in [-0.15, -0.1) is 0 Å². The molecule has 2 saturated heterocycles. The molecule has 0 bridgehead atoms. The van der Waals surface area contributed by atoms with Crippen molar-refractivity contribution >= 4 is 0 Å². The minimum absolute atomic E-state index is 0.418. The molecule has 1 N–H and O–H groups in total. The lowest BCUT2D eigenvalue weighted by atomic mass is 9.99. The second kappa shape index (κ2) is 6.91. The van der Waals surface area contributed by atoms with Gasteiger partial charge in [-0.2, -0.15) is 0 Å². The smallest absolute Gasteiger partial charge is 0.0706 e. The molecule has 0 aliphatic carbocycles. The number of rotatable bonds is 4. The van der Waals surface area contributed by atoms with Gasteiger partial charge in [-0.1, -0.05) is 37.3 Å². The lowest BCUT2D eigenvalue weighted by molar-refractivity contribution is 0.0101. The van der Waals surface area contributed by atoms with Crippen molar-refractivity contribution in [2.75, 3.05) is 19.6 Å². The molecule has 0 amide bonds. The van der Waals surface area contributed by atoms with Crippen LogP contribution in [0.5, 0.6) is 0 Å². The highest BCUT2D eigenvalue weighted by Gasteiger charge is 2.32. The average molecular weight is 288 g/mol. The summed E-state index contributed by atoms with van der Waals surface area (Å²) in [7, 11) is 0. The van der Waals surface area contributed by atoms with Crippen LogP contribution in [0.2, 0.25) is 0 Å². The van der Waals surface area contributed by atoms with Crippen LogP contribution in [-0.2, 0) is 4.74 Å². The first kappa shape index (κ1) is 15.0. The summed E-state index contributed by atoms with van der Waals surface area (Å²) in [5.74, 6) is 0. The van der Waals surface area contributed by atoms with Crippen LogP contribution in [0.15, 0.2) is 30.3 Å². The lowest BCUT2D eigenvalue weighted by Crippen LogP contribution is -2.53. The van der Waals surface area contributed by atoms with Crippen LogP contribution in [0.3, 0.4) is 0 Å². The van der Waals surface area contributed by atoms with E-state index in [2.05, 4.69) is 54.4 Å². The van der Waals surface area contributed by atoms with E-state index in [1.165, 1.54) is 24.8 Å². The fraction of sp³-hybridized carbons (Fsp3) is 0.667. The number of nitrogens with one attached hydrogen (secondary N) is 1. The largest absolute Gasteiger partial charge is 0.374 e. The standard InChI is InChI=1S/C18H28N2O/c1-3-16-12-20(13-17-10-9-14(2)21-17)18(11-19-16)15-7-5-4-6-8-15/h4-8,14,16-19H,3,9-13H2,1-2H3. The van der Waals surface area contributed by atoms with E-state index in [1.54, 1.807) is 0 Å². The van der Waals surface area contributed by atoms with Crippen LogP contribution < -0.4 is 5.32 Å². The summed E-state index contributed by atoms with van der Waals surface area (Å²) in [6.07, 6.45) is 4.48. The monoisotopic (exact) mass is 288 g/mol. The summed E-state index contributed by atoms with van der Waals surface area (Å²) >= 11 is 0. The Morgan fingerprint density at radius 2 is 2.05 bits per heavy atom. The Kier molecular flexibility index (Phi) is 4.94. The second-order valence-electron chi connectivity index (χ2n) is 6.54. The highest BCUT2D eigenvalue weighted by atomic mass is 16.5. The van der Waals surface area contributed by atoms with Gasteiger partial charge in [0.05, 0.1) is 12.2 Å². The van der Waals surface area contributed by atoms with Gasteiger partial charge in [-0.3, -0.25) is 4.90 Å². The molecule has 0 spiro atoms. The van der Waals surface area contributed by atoms with E-state index in [-0.39, 0.29) is 0 Å². The van der Waals surface area contributed by atoms with Crippen molar-refractivity contribution in [1.82, 2.24) is 10.2 Å². The third kappa shape index (κ3) is 3.65. The first-order valence-corrected chi connectivity index (χ1v) is 8.44. The first-order valence-electron chi connectivity index (χ1n) is 8.44. The third-order valence-corrected chi connectivity index (χ3v) is 4.93. The zero-order chi connectivity index (χ0) is 14.7. The van der Waals surface area contributed by atoms with Gasteiger partial charge in [0.25, 0.3) is 0 Å².